The van der Waals surface area contributed by atoms with Crippen LogP contribution in [-0.2, 0) is 4.79 Å². The van der Waals surface area contributed by atoms with Crippen LogP contribution in [0.3, 0.4) is 0 Å². The van der Waals surface area contributed by atoms with Crippen LogP contribution in [0.15, 0.2) is 24.3 Å². The lowest BCUT2D eigenvalue weighted by Gasteiger charge is -2.60. The second kappa shape index (κ2) is 4.25. The van der Waals surface area contributed by atoms with E-state index in [1.54, 1.807) is 0 Å². The Kier molecular flexibility index (Phi) is 2.66. The van der Waals surface area contributed by atoms with Crippen LogP contribution < -0.4 is 11.1 Å². The van der Waals surface area contributed by atoms with Gasteiger partial charge in [0.25, 0.3) is 0 Å². The molecule has 3 N–H and O–H groups in total. The smallest absolute Gasteiger partial charge is 0.230 e. The molecule has 4 saturated carbocycles. The van der Waals surface area contributed by atoms with Gasteiger partial charge in [-0.15, -0.1) is 0 Å². The Balaban J connectivity index is 1.57. The minimum absolute atomic E-state index is 0.111. The molecule has 2 atom stereocenters. The minimum atomic E-state index is -0.111. The molecule has 1 aromatic carbocycles. The van der Waals surface area contributed by atoms with Gasteiger partial charge in [-0.05, 0) is 80.0 Å². The molecule has 0 spiro atoms. The van der Waals surface area contributed by atoms with E-state index >= 15 is 0 Å². The number of carbonyl (C=O) groups excluding carboxylic acids is 1. The first-order valence-electron chi connectivity index (χ1n) is 8.13. The lowest BCUT2D eigenvalue weighted by atomic mass is 9.44. The van der Waals surface area contributed by atoms with Gasteiger partial charge in [0.05, 0.1) is 5.41 Å². The summed E-state index contributed by atoms with van der Waals surface area (Å²) in [4.78, 5) is 13.0. The van der Waals surface area contributed by atoms with Crippen molar-refractivity contribution >= 4 is 17.3 Å². The Morgan fingerprint density at radius 2 is 1.76 bits per heavy atom. The van der Waals surface area contributed by atoms with Gasteiger partial charge < -0.3 is 11.1 Å². The van der Waals surface area contributed by atoms with Gasteiger partial charge >= 0.3 is 0 Å². The van der Waals surface area contributed by atoms with Crippen LogP contribution in [0.2, 0.25) is 0 Å². The zero-order chi connectivity index (χ0) is 14.7. The maximum absolute atomic E-state index is 13.0. The van der Waals surface area contributed by atoms with E-state index < -0.39 is 0 Å². The third-order valence-corrected chi connectivity index (χ3v) is 6.00. The van der Waals surface area contributed by atoms with Crippen molar-refractivity contribution in [3.8, 4) is 0 Å². The Morgan fingerprint density at radius 1 is 1.14 bits per heavy atom. The third-order valence-electron chi connectivity index (χ3n) is 6.00. The number of hydrogen-bond donors (Lipinski definition) is 2. The molecule has 3 heteroatoms. The van der Waals surface area contributed by atoms with E-state index in [-0.39, 0.29) is 11.3 Å². The van der Waals surface area contributed by atoms with Gasteiger partial charge in [0.2, 0.25) is 5.91 Å². The lowest BCUT2D eigenvalue weighted by Crippen LogP contribution is -2.55. The summed E-state index contributed by atoms with van der Waals surface area (Å²) in [6.07, 6.45) is 7.29. The molecule has 0 saturated heterocycles. The van der Waals surface area contributed by atoms with Gasteiger partial charge in [-0.3, -0.25) is 4.79 Å². The van der Waals surface area contributed by atoms with Gasteiger partial charge in [-0.1, -0.05) is 6.92 Å². The monoisotopic (exact) mass is 284 g/mol. The summed E-state index contributed by atoms with van der Waals surface area (Å²) in [5.41, 5.74) is 7.61. The molecular formula is C18H24N2O. The summed E-state index contributed by atoms with van der Waals surface area (Å²) in [5, 5.41) is 3.15. The average molecular weight is 284 g/mol. The Hall–Kier alpha value is -1.51. The van der Waals surface area contributed by atoms with Crippen LogP contribution in [0.1, 0.15) is 45.4 Å². The number of nitrogens with one attached hydrogen (secondary N) is 1. The number of rotatable bonds is 2. The fourth-order valence-electron chi connectivity index (χ4n) is 5.82. The molecule has 4 aliphatic carbocycles. The van der Waals surface area contributed by atoms with Crippen molar-refractivity contribution in [2.75, 3.05) is 11.1 Å². The first-order chi connectivity index (χ1) is 9.96. The van der Waals surface area contributed by atoms with Crippen molar-refractivity contribution in [2.45, 2.75) is 45.4 Å². The third kappa shape index (κ3) is 2.14. The molecule has 0 aromatic heterocycles. The highest BCUT2D eigenvalue weighted by Gasteiger charge is 2.58. The quantitative estimate of drug-likeness (QED) is 0.811. The van der Waals surface area contributed by atoms with E-state index in [2.05, 4.69) is 12.2 Å². The van der Waals surface area contributed by atoms with Crippen molar-refractivity contribution in [2.24, 2.45) is 22.7 Å². The number of nitrogens with two attached hydrogens (primary N) is 1. The second-order valence-electron chi connectivity index (χ2n) is 8.13. The Morgan fingerprint density at radius 3 is 2.33 bits per heavy atom. The van der Waals surface area contributed by atoms with Gasteiger partial charge in [-0.2, -0.15) is 0 Å². The number of carbonyl (C=O) groups is 1. The van der Waals surface area contributed by atoms with E-state index in [1.165, 1.54) is 19.3 Å². The summed E-state index contributed by atoms with van der Waals surface area (Å²) < 4.78 is 0. The van der Waals surface area contributed by atoms with Crippen molar-refractivity contribution in [3.05, 3.63) is 24.3 Å². The number of amides is 1. The number of nitrogen functional groups attached to an aromatic ring is 1. The normalized spacial score (nSPS) is 40.2. The summed E-state index contributed by atoms with van der Waals surface area (Å²) in [6, 6.07) is 7.48. The number of hydrogen-bond acceptors (Lipinski definition) is 2. The SMILES string of the molecule is CC12CC3CC(C1)CC(C(=O)Nc1ccc(N)cc1)(C3)C2. The maximum atomic E-state index is 13.0. The molecule has 3 nitrogen and oxygen atoms in total. The Bertz CT molecular complexity index is 563. The summed E-state index contributed by atoms with van der Waals surface area (Å²) >= 11 is 0. The fourth-order valence-corrected chi connectivity index (χ4v) is 5.82. The molecule has 0 heterocycles. The summed E-state index contributed by atoms with van der Waals surface area (Å²) in [6.45, 7) is 2.40. The molecule has 2 unspecified atom stereocenters. The fraction of sp³-hybridized carbons (Fsp3) is 0.611. The molecule has 112 valence electrons. The lowest BCUT2D eigenvalue weighted by molar-refractivity contribution is -0.149. The van der Waals surface area contributed by atoms with E-state index in [9.17, 15) is 4.79 Å². The van der Waals surface area contributed by atoms with Crippen molar-refractivity contribution in [1.29, 1.82) is 0 Å². The second-order valence-corrected chi connectivity index (χ2v) is 8.13. The van der Waals surface area contributed by atoms with Crippen LogP contribution in [0.25, 0.3) is 0 Å². The van der Waals surface area contributed by atoms with Crippen LogP contribution in [0.5, 0.6) is 0 Å². The zero-order valence-electron chi connectivity index (χ0n) is 12.7. The molecule has 1 aromatic rings. The van der Waals surface area contributed by atoms with Crippen LogP contribution in [0, 0.1) is 22.7 Å². The Labute approximate surface area is 126 Å². The molecular weight excluding hydrogens is 260 g/mol. The van der Waals surface area contributed by atoms with Crippen molar-refractivity contribution in [3.63, 3.8) is 0 Å². The largest absolute Gasteiger partial charge is 0.399 e. The minimum Gasteiger partial charge on any atom is -0.399 e. The molecule has 4 bridgehead atoms. The van der Waals surface area contributed by atoms with E-state index in [0.717, 1.165) is 42.5 Å². The topological polar surface area (TPSA) is 55.1 Å². The molecule has 0 radical (unpaired) electrons. The maximum Gasteiger partial charge on any atom is 0.230 e. The molecule has 21 heavy (non-hydrogen) atoms. The molecule has 4 fully saturated rings. The number of benzene rings is 1. The van der Waals surface area contributed by atoms with E-state index in [0.29, 0.717) is 5.41 Å². The van der Waals surface area contributed by atoms with Gasteiger partial charge in [0.1, 0.15) is 0 Å². The highest BCUT2D eigenvalue weighted by molar-refractivity contribution is 5.95. The van der Waals surface area contributed by atoms with E-state index in [1.807, 2.05) is 24.3 Å². The molecule has 0 aliphatic heterocycles. The number of anilines is 2. The molecule has 5 rings (SSSR count). The summed E-state index contributed by atoms with van der Waals surface area (Å²) in [7, 11) is 0. The van der Waals surface area contributed by atoms with Gasteiger partial charge in [-0.25, -0.2) is 0 Å². The van der Waals surface area contributed by atoms with E-state index in [4.69, 9.17) is 5.73 Å². The van der Waals surface area contributed by atoms with Gasteiger partial charge in [0, 0.05) is 11.4 Å². The highest BCUT2D eigenvalue weighted by atomic mass is 16.2. The molecule has 4 aliphatic rings. The van der Waals surface area contributed by atoms with Gasteiger partial charge in [0.15, 0.2) is 0 Å². The first-order valence-corrected chi connectivity index (χ1v) is 8.13. The van der Waals surface area contributed by atoms with Crippen LogP contribution >= 0.6 is 0 Å². The highest BCUT2D eigenvalue weighted by Crippen LogP contribution is 2.65. The van der Waals surface area contributed by atoms with Crippen LogP contribution in [-0.4, -0.2) is 5.91 Å². The standard InChI is InChI=1S/C18H24N2O/c1-17-7-12-6-13(8-17)10-18(9-12,11-17)16(21)20-15-4-2-14(19)3-5-15/h2-5,12-13H,6-11,19H2,1H3,(H,20,21). The summed E-state index contributed by atoms with van der Waals surface area (Å²) in [5.74, 6) is 1.79. The molecule has 1 amide bonds. The van der Waals surface area contributed by atoms with Crippen molar-refractivity contribution in [1.82, 2.24) is 0 Å². The van der Waals surface area contributed by atoms with Crippen LogP contribution in [0.4, 0.5) is 11.4 Å². The predicted molar refractivity (Wildman–Crippen MR) is 84.7 cm³/mol. The average Bonchev–Trinajstić information content (AvgIpc) is 2.38. The predicted octanol–water partition coefficient (Wildman–Crippen LogP) is 3.81. The first kappa shape index (κ1) is 13.2. The van der Waals surface area contributed by atoms with Crippen molar-refractivity contribution < 1.29 is 4.79 Å². The zero-order valence-corrected chi connectivity index (χ0v) is 12.7.